The van der Waals surface area contributed by atoms with E-state index in [0.717, 1.165) is 16.7 Å². The van der Waals surface area contributed by atoms with Crippen LogP contribution in [0.15, 0.2) is 54.6 Å². The standard InChI is InChI=1S/C53H78N6O12/c1-34(2)28-40(56-42(61)38(29-35-20-14-13-15-21-35)30-41(60)53(58-48(67)71-51(9,10)11)31-36-22-16-17-23-37(36)32-53)43(62)55-39(24-18-19-26-54-46(65)69-49(3,4)5)44(63)59-27-25-52(33-59,45(64)68-12)57-47(66)70-50(6,7)8/h13-17,20-23,34,38-40H,18-19,24-33H2,1-12H3,(H,54,65)(H,55,62)(H,56,61)(H,57,66)(H,58,67)/t38-,39+,40?,52?/m0/s1. The molecule has 0 aromatic heterocycles. The molecule has 5 N–H and O–H groups in total. The molecule has 18 nitrogen and oxygen atoms in total. The zero-order valence-corrected chi connectivity index (χ0v) is 43.8. The predicted octanol–water partition coefficient (Wildman–Crippen LogP) is 6.25. The van der Waals surface area contributed by atoms with Gasteiger partial charge in [0.2, 0.25) is 17.7 Å². The number of methoxy groups -OCH3 is 1. The van der Waals surface area contributed by atoms with Gasteiger partial charge >= 0.3 is 24.2 Å². The second-order valence-electron chi connectivity index (χ2n) is 22.2. The molecule has 392 valence electrons. The number of carbonyl (C=O) groups is 8. The smallest absolute Gasteiger partial charge is 0.408 e. The number of ketones is 1. The van der Waals surface area contributed by atoms with Crippen LogP contribution in [-0.2, 0) is 62.2 Å². The van der Waals surface area contributed by atoms with E-state index in [2.05, 4.69) is 26.6 Å². The fourth-order valence-electron chi connectivity index (χ4n) is 8.78. The van der Waals surface area contributed by atoms with Gasteiger partial charge in [0.05, 0.1) is 13.7 Å². The first-order chi connectivity index (χ1) is 33.0. The second-order valence-corrected chi connectivity index (χ2v) is 22.2. The topological polar surface area (TPSA) is 237 Å². The number of likely N-dealkylation sites (tertiary alicyclic amines) is 1. The maximum Gasteiger partial charge on any atom is 0.408 e. The van der Waals surface area contributed by atoms with E-state index in [-0.39, 0.29) is 76.3 Å². The Balaban J connectivity index is 1.62. The van der Waals surface area contributed by atoms with Crippen molar-refractivity contribution in [1.82, 2.24) is 31.5 Å². The summed E-state index contributed by atoms with van der Waals surface area (Å²) in [5.41, 5.74) is -2.92. The molecule has 0 bridgehead atoms. The SMILES string of the molecule is COC(=O)C1(NC(=O)OC(C)(C)C)CCN(C(=O)[C@@H](CCCCNC(=O)OC(C)(C)C)NC(=O)C(CC(C)C)NC(=O)[C@H](CC(=O)C2(NC(=O)OC(C)(C)C)Cc3ccccc3C2)Cc2ccccc2)C1. The number of hydrogen-bond donors (Lipinski definition) is 5. The molecule has 2 aromatic carbocycles. The predicted molar refractivity (Wildman–Crippen MR) is 266 cm³/mol. The minimum atomic E-state index is -1.64. The highest BCUT2D eigenvalue weighted by Crippen LogP contribution is 2.34. The number of alkyl carbamates (subject to hydrolysis) is 3. The normalized spacial score (nSPS) is 17.7. The van der Waals surface area contributed by atoms with Crippen molar-refractivity contribution >= 4 is 47.8 Å². The van der Waals surface area contributed by atoms with Gasteiger partial charge in [-0.1, -0.05) is 68.4 Å². The van der Waals surface area contributed by atoms with Crippen molar-refractivity contribution < 1.29 is 57.3 Å². The van der Waals surface area contributed by atoms with Gasteiger partial charge in [0.25, 0.3) is 0 Å². The molecule has 71 heavy (non-hydrogen) atoms. The number of ether oxygens (including phenoxy) is 4. The first-order valence-corrected chi connectivity index (χ1v) is 24.6. The van der Waals surface area contributed by atoms with Gasteiger partial charge in [-0.05, 0) is 117 Å². The van der Waals surface area contributed by atoms with Crippen molar-refractivity contribution in [3.63, 3.8) is 0 Å². The highest BCUT2D eigenvalue weighted by molar-refractivity contribution is 5.98. The Morgan fingerprint density at radius 3 is 1.72 bits per heavy atom. The lowest BCUT2D eigenvalue weighted by molar-refractivity contribution is -0.148. The highest BCUT2D eigenvalue weighted by atomic mass is 16.6. The minimum Gasteiger partial charge on any atom is -0.467 e. The molecule has 2 unspecified atom stereocenters. The third-order valence-electron chi connectivity index (χ3n) is 11.9. The summed E-state index contributed by atoms with van der Waals surface area (Å²) < 4.78 is 21.5. The van der Waals surface area contributed by atoms with E-state index in [1.807, 2.05) is 68.4 Å². The Bertz CT molecular complexity index is 2190. The molecular weight excluding hydrogens is 913 g/mol. The van der Waals surface area contributed by atoms with Crippen LogP contribution in [0, 0.1) is 11.8 Å². The maximum absolute atomic E-state index is 14.8. The van der Waals surface area contributed by atoms with E-state index in [9.17, 15) is 38.4 Å². The number of unbranched alkanes of at least 4 members (excludes halogenated alkanes) is 1. The first-order valence-electron chi connectivity index (χ1n) is 24.6. The van der Waals surface area contributed by atoms with Gasteiger partial charge in [-0.3, -0.25) is 19.2 Å². The van der Waals surface area contributed by atoms with Crippen LogP contribution in [0.2, 0.25) is 0 Å². The number of benzene rings is 2. The monoisotopic (exact) mass is 991 g/mol. The molecule has 4 rings (SSSR count). The molecule has 1 aliphatic heterocycles. The van der Waals surface area contributed by atoms with E-state index < -0.39 is 87.9 Å². The van der Waals surface area contributed by atoms with Crippen molar-refractivity contribution in [2.75, 3.05) is 26.7 Å². The molecule has 0 saturated carbocycles. The molecule has 1 heterocycles. The number of nitrogens with zero attached hydrogens (tertiary/aromatic N) is 1. The molecule has 6 amide bonds. The summed E-state index contributed by atoms with van der Waals surface area (Å²) in [7, 11) is 1.18. The van der Waals surface area contributed by atoms with Crippen molar-refractivity contribution in [2.24, 2.45) is 11.8 Å². The third kappa shape index (κ3) is 17.9. The van der Waals surface area contributed by atoms with E-state index in [1.54, 1.807) is 62.3 Å². The fraction of sp³-hybridized carbons (Fsp3) is 0.623. The molecule has 1 saturated heterocycles. The van der Waals surface area contributed by atoms with Crippen LogP contribution < -0.4 is 26.6 Å². The Kier molecular flexibility index (Phi) is 19.6. The molecule has 1 fully saturated rings. The van der Waals surface area contributed by atoms with Crippen LogP contribution >= 0.6 is 0 Å². The van der Waals surface area contributed by atoms with E-state index >= 15 is 0 Å². The van der Waals surface area contributed by atoms with Crippen molar-refractivity contribution in [2.45, 2.75) is 174 Å². The van der Waals surface area contributed by atoms with E-state index in [1.165, 1.54) is 12.0 Å². The maximum atomic E-state index is 14.8. The average molecular weight is 991 g/mol. The number of esters is 1. The zero-order chi connectivity index (χ0) is 53.0. The van der Waals surface area contributed by atoms with Crippen LogP contribution in [-0.4, -0.2) is 119 Å². The largest absolute Gasteiger partial charge is 0.467 e. The third-order valence-corrected chi connectivity index (χ3v) is 11.9. The number of fused-ring (bicyclic) bond motifs is 1. The molecule has 4 atom stereocenters. The number of carbonyl (C=O) groups excluding carboxylic acids is 8. The van der Waals surface area contributed by atoms with Crippen molar-refractivity contribution in [1.29, 1.82) is 0 Å². The summed E-state index contributed by atoms with van der Waals surface area (Å²) in [6.07, 6.45) is -0.972. The van der Waals surface area contributed by atoms with E-state index in [4.69, 9.17) is 18.9 Å². The number of rotatable bonds is 20. The number of hydrogen-bond acceptors (Lipinski definition) is 12. The average Bonchev–Trinajstić information content (AvgIpc) is 3.85. The summed E-state index contributed by atoms with van der Waals surface area (Å²) in [5, 5.41) is 14.1. The lowest BCUT2D eigenvalue weighted by atomic mass is 9.82. The quantitative estimate of drug-likeness (QED) is 0.0563. The molecule has 0 radical (unpaired) electrons. The fourth-order valence-corrected chi connectivity index (χ4v) is 8.78. The minimum absolute atomic E-state index is 0.000641. The Morgan fingerprint density at radius 1 is 0.662 bits per heavy atom. The summed E-state index contributed by atoms with van der Waals surface area (Å²) in [6, 6.07) is 14.4. The van der Waals surface area contributed by atoms with Gasteiger partial charge in [-0.25, -0.2) is 19.2 Å². The number of Topliss-reactive ketones (excluding diaryl/α,β-unsaturated/α-hetero) is 1. The molecule has 2 aliphatic rings. The summed E-state index contributed by atoms with van der Waals surface area (Å²) >= 11 is 0. The Morgan fingerprint density at radius 2 is 1.18 bits per heavy atom. The summed E-state index contributed by atoms with van der Waals surface area (Å²) in [4.78, 5) is 112. The van der Waals surface area contributed by atoms with Crippen LogP contribution in [0.25, 0.3) is 0 Å². The van der Waals surface area contributed by atoms with Crippen LogP contribution in [0.5, 0.6) is 0 Å². The number of amides is 6. The van der Waals surface area contributed by atoms with Crippen molar-refractivity contribution in [3.05, 3.63) is 71.3 Å². The summed E-state index contributed by atoms with van der Waals surface area (Å²) in [6.45, 7) is 19.2. The zero-order valence-electron chi connectivity index (χ0n) is 43.8. The van der Waals surface area contributed by atoms with Gasteiger partial charge in [0.1, 0.15) is 34.4 Å². The Hall–Kier alpha value is -6.20. The molecule has 18 heteroatoms. The van der Waals surface area contributed by atoms with Gasteiger partial charge in [-0.15, -0.1) is 0 Å². The molecular formula is C53H78N6O12. The summed E-state index contributed by atoms with van der Waals surface area (Å²) in [5.74, 6) is -4.03. The van der Waals surface area contributed by atoms with Crippen LogP contribution in [0.3, 0.4) is 0 Å². The van der Waals surface area contributed by atoms with E-state index in [0.29, 0.717) is 12.8 Å². The van der Waals surface area contributed by atoms with Crippen molar-refractivity contribution in [3.8, 4) is 0 Å². The lowest BCUT2D eigenvalue weighted by Crippen LogP contribution is -2.59. The molecule has 1 aliphatic carbocycles. The molecule has 2 aromatic rings. The van der Waals surface area contributed by atoms with Crippen LogP contribution in [0.1, 0.15) is 131 Å². The first kappa shape index (κ1) is 57.4. The lowest BCUT2D eigenvalue weighted by Gasteiger charge is -2.32. The van der Waals surface area contributed by atoms with Gasteiger partial charge in [0.15, 0.2) is 11.3 Å². The molecule has 0 spiro atoms. The van der Waals surface area contributed by atoms with Gasteiger partial charge in [-0.2, -0.15) is 0 Å². The Labute approximate surface area is 419 Å². The van der Waals surface area contributed by atoms with Gasteiger partial charge in [0, 0.05) is 44.7 Å². The van der Waals surface area contributed by atoms with Gasteiger partial charge < -0.3 is 50.4 Å². The highest BCUT2D eigenvalue weighted by Gasteiger charge is 2.50. The second kappa shape index (κ2) is 24.3. The number of nitrogens with one attached hydrogen (secondary N) is 5. The van der Waals surface area contributed by atoms with Crippen LogP contribution in [0.4, 0.5) is 14.4 Å².